The van der Waals surface area contributed by atoms with Gasteiger partial charge in [0.15, 0.2) is 5.75 Å². The van der Waals surface area contributed by atoms with E-state index in [2.05, 4.69) is 15.3 Å². The Labute approximate surface area is 214 Å². The number of amides is 3. The molecule has 3 heterocycles. The molecular weight excluding hydrogens is 480 g/mol. The zero-order valence-corrected chi connectivity index (χ0v) is 20.7. The molecule has 3 amide bonds. The Hall–Kier alpha value is -4.16. The minimum Gasteiger partial charge on any atom is -0.437 e. The quantitative estimate of drug-likeness (QED) is 0.454. The highest BCUT2D eigenvalue weighted by atomic mass is 35.5. The molecule has 0 aliphatic carbocycles. The maximum Gasteiger partial charge on any atom is 0.328 e. The molecule has 1 N–H and O–H groups in total. The van der Waals surface area contributed by atoms with Gasteiger partial charge in [-0.1, -0.05) is 36.7 Å². The van der Waals surface area contributed by atoms with Crippen molar-refractivity contribution in [2.45, 2.75) is 39.4 Å². The van der Waals surface area contributed by atoms with Crippen LogP contribution in [-0.4, -0.2) is 44.4 Å². The molecule has 0 saturated carbocycles. The van der Waals surface area contributed by atoms with Gasteiger partial charge in [0.2, 0.25) is 11.8 Å². The largest absolute Gasteiger partial charge is 0.437 e. The van der Waals surface area contributed by atoms with Gasteiger partial charge in [-0.15, -0.1) is 0 Å². The number of rotatable bonds is 8. The number of halogens is 1. The van der Waals surface area contributed by atoms with Crippen LogP contribution >= 0.6 is 11.6 Å². The highest BCUT2D eigenvalue weighted by molar-refractivity contribution is 6.30. The number of nitriles is 1. The molecule has 1 aliphatic heterocycles. The van der Waals surface area contributed by atoms with Crippen LogP contribution in [0.3, 0.4) is 0 Å². The van der Waals surface area contributed by atoms with Gasteiger partial charge in [0.25, 0.3) is 0 Å². The molecule has 1 atom stereocenters. The molecule has 1 aromatic carbocycles. The summed E-state index contributed by atoms with van der Waals surface area (Å²) in [5, 5.41) is 12.9. The third kappa shape index (κ3) is 5.73. The molecule has 1 fully saturated rings. The Morgan fingerprint density at radius 3 is 2.61 bits per heavy atom. The lowest BCUT2D eigenvalue weighted by molar-refractivity contribution is -0.132. The Morgan fingerprint density at radius 2 is 1.92 bits per heavy atom. The van der Waals surface area contributed by atoms with Crippen LogP contribution in [0.15, 0.2) is 54.6 Å². The maximum absolute atomic E-state index is 13.3. The second-order valence-corrected chi connectivity index (χ2v) is 8.74. The molecule has 1 unspecified atom stereocenters. The lowest BCUT2D eigenvalue weighted by Crippen LogP contribution is -2.59. The second kappa shape index (κ2) is 11.1. The summed E-state index contributed by atoms with van der Waals surface area (Å²) in [4.78, 5) is 37.6. The maximum atomic E-state index is 13.3. The summed E-state index contributed by atoms with van der Waals surface area (Å²) < 4.78 is 5.79. The van der Waals surface area contributed by atoms with E-state index in [1.54, 1.807) is 54.3 Å². The van der Waals surface area contributed by atoms with Gasteiger partial charge in [-0.3, -0.25) is 14.6 Å². The van der Waals surface area contributed by atoms with Crippen molar-refractivity contribution in [2.75, 3.05) is 11.9 Å². The summed E-state index contributed by atoms with van der Waals surface area (Å²) >= 11 is 6.01. The number of imide groups is 1. The van der Waals surface area contributed by atoms with Crippen molar-refractivity contribution >= 4 is 29.4 Å². The zero-order valence-electron chi connectivity index (χ0n) is 19.9. The molecule has 10 heteroatoms. The van der Waals surface area contributed by atoms with Crippen molar-refractivity contribution < 1.29 is 14.3 Å². The van der Waals surface area contributed by atoms with Crippen molar-refractivity contribution in [1.82, 2.24) is 19.8 Å². The number of benzene rings is 1. The predicted molar refractivity (Wildman–Crippen MR) is 134 cm³/mol. The van der Waals surface area contributed by atoms with Crippen LogP contribution in [0.5, 0.6) is 11.6 Å². The van der Waals surface area contributed by atoms with Crippen LogP contribution in [0.2, 0.25) is 5.02 Å². The summed E-state index contributed by atoms with van der Waals surface area (Å²) in [5.41, 5.74) is 1.72. The van der Waals surface area contributed by atoms with Crippen LogP contribution in [0.1, 0.15) is 36.7 Å². The molecule has 184 valence electrons. The second-order valence-electron chi connectivity index (χ2n) is 8.30. The number of ether oxygens (including phenoxy) is 1. The molecule has 36 heavy (non-hydrogen) atoms. The zero-order chi connectivity index (χ0) is 25.7. The van der Waals surface area contributed by atoms with Gasteiger partial charge in [0.1, 0.15) is 23.7 Å². The fourth-order valence-electron chi connectivity index (χ4n) is 3.87. The van der Waals surface area contributed by atoms with Gasteiger partial charge < -0.3 is 10.1 Å². The third-order valence-electron chi connectivity index (χ3n) is 5.64. The van der Waals surface area contributed by atoms with Crippen molar-refractivity contribution in [3.05, 3.63) is 76.6 Å². The van der Waals surface area contributed by atoms with E-state index in [1.165, 1.54) is 4.90 Å². The van der Waals surface area contributed by atoms with Crippen molar-refractivity contribution in [2.24, 2.45) is 0 Å². The van der Waals surface area contributed by atoms with E-state index in [-0.39, 0.29) is 29.9 Å². The van der Waals surface area contributed by atoms with E-state index in [1.807, 2.05) is 25.1 Å². The minimum absolute atomic E-state index is 0.114. The number of pyridine rings is 2. The van der Waals surface area contributed by atoms with Crippen LogP contribution < -0.4 is 10.1 Å². The number of carbonyl (C=O) groups excluding carboxylic acids is 2. The normalized spacial score (nSPS) is 15.6. The first-order chi connectivity index (χ1) is 17.4. The Bertz CT molecular complexity index is 1310. The Kier molecular flexibility index (Phi) is 7.66. The van der Waals surface area contributed by atoms with E-state index in [9.17, 15) is 9.59 Å². The average molecular weight is 505 g/mol. The highest BCUT2D eigenvalue weighted by Crippen LogP contribution is 2.27. The lowest BCUT2D eigenvalue weighted by Gasteiger charge is -2.40. The van der Waals surface area contributed by atoms with Gasteiger partial charge in [-0.25, -0.2) is 14.8 Å². The number of urea groups is 1. The molecular formula is C26H25ClN6O3. The fourth-order valence-corrected chi connectivity index (χ4v) is 4.00. The summed E-state index contributed by atoms with van der Waals surface area (Å²) in [5.74, 6) is 1.03. The summed E-state index contributed by atoms with van der Waals surface area (Å²) in [6.07, 6.45) is 0.212. The standard InChI is InChI=1S/C26H25ClN6O3/c1-3-13-32-25(34)14-23(33(26(32)35)16-18-7-9-19(27)10-8-18)31-22-12-11-21(17(2)29-22)36-24-6-4-5-20(15-28)30-24/h4-12,23H,3,13-14,16H2,1-2H3,(H,29,31). The van der Waals surface area contributed by atoms with E-state index in [0.29, 0.717) is 41.8 Å². The monoisotopic (exact) mass is 504 g/mol. The number of aromatic nitrogens is 2. The minimum atomic E-state index is -0.582. The number of aryl methyl sites for hydroxylation is 1. The first-order valence-corrected chi connectivity index (χ1v) is 11.9. The summed E-state index contributed by atoms with van der Waals surface area (Å²) in [6, 6.07) is 17.3. The molecule has 0 bridgehead atoms. The summed E-state index contributed by atoms with van der Waals surface area (Å²) in [7, 11) is 0. The number of hydrogen-bond acceptors (Lipinski definition) is 7. The van der Waals surface area contributed by atoms with Crippen molar-refractivity contribution in [1.29, 1.82) is 5.26 Å². The molecule has 4 rings (SSSR count). The van der Waals surface area contributed by atoms with Gasteiger partial charge in [-0.2, -0.15) is 5.26 Å². The number of hydrogen-bond donors (Lipinski definition) is 1. The van der Waals surface area contributed by atoms with E-state index < -0.39 is 6.17 Å². The molecule has 1 aliphatic rings. The highest BCUT2D eigenvalue weighted by Gasteiger charge is 2.38. The van der Waals surface area contributed by atoms with Gasteiger partial charge >= 0.3 is 6.03 Å². The van der Waals surface area contributed by atoms with Gasteiger partial charge in [-0.05, 0) is 49.2 Å². The van der Waals surface area contributed by atoms with Crippen LogP contribution in [-0.2, 0) is 11.3 Å². The first-order valence-electron chi connectivity index (χ1n) is 11.5. The lowest BCUT2D eigenvalue weighted by atomic mass is 10.1. The van der Waals surface area contributed by atoms with Gasteiger partial charge in [0.05, 0.1) is 12.1 Å². The number of carbonyl (C=O) groups is 2. The number of nitrogens with one attached hydrogen (secondary N) is 1. The van der Waals surface area contributed by atoms with E-state index in [4.69, 9.17) is 21.6 Å². The summed E-state index contributed by atoms with van der Waals surface area (Å²) in [6.45, 7) is 4.38. The van der Waals surface area contributed by atoms with Crippen LogP contribution in [0.4, 0.5) is 10.6 Å². The molecule has 9 nitrogen and oxygen atoms in total. The fraction of sp³-hybridized carbons (Fsp3) is 0.269. The average Bonchev–Trinajstić information content (AvgIpc) is 2.87. The first kappa shape index (κ1) is 24.9. The Morgan fingerprint density at radius 1 is 1.14 bits per heavy atom. The van der Waals surface area contributed by atoms with Crippen LogP contribution in [0, 0.1) is 18.3 Å². The Balaban J connectivity index is 1.54. The van der Waals surface area contributed by atoms with Crippen LogP contribution in [0.25, 0.3) is 0 Å². The van der Waals surface area contributed by atoms with E-state index >= 15 is 0 Å². The molecule has 0 spiro atoms. The third-order valence-corrected chi connectivity index (χ3v) is 5.89. The topological polar surface area (TPSA) is 111 Å². The van der Waals surface area contributed by atoms with Gasteiger partial charge in [0, 0.05) is 24.2 Å². The van der Waals surface area contributed by atoms with E-state index in [0.717, 1.165) is 5.56 Å². The molecule has 3 aromatic rings. The molecule has 0 radical (unpaired) electrons. The smallest absolute Gasteiger partial charge is 0.328 e. The van der Waals surface area contributed by atoms with Crippen molar-refractivity contribution in [3.63, 3.8) is 0 Å². The molecule has 1 saturated heterocycles. The predicted octanol–water partition coefficient (Wildman–Crippen LogP) is 5.10. The van der Waals surface area contributed by atoms with Crippen molar-refractivity contribution in [3.8, 4) is 17.7 Å². The molecule has 2 aromatic heterocycles. The SMILES string of the molecule is CCCN1C(=O)CC(Nc2ccc(Oc3cccc(C#N)n3)c(C)n2)N(Cc2ccc(Cl)cc2)C1=O. The number of nitrogens with zero attached hydrogens (tertiary/aromatic N) is 5. The number of anilines is 1.